The van der Waals surface area contributed by atoms with E-state index in [0.717, 1.165) is 16.5 Å². The summed E-state index contributed by atoms with van der Waals surface area (Å²) in [6.45, 7) is 1.95. The summed E-state index contributed by atoms with van der Waals surface area (Å²) in [6.07, 6.45) is 1.68. The highest BCUT2D eigenvalue weighted by Crippen LogP contribution is 2.27. The first-order chi connectivity index (χ1) is 9.58. The summed E-state index contributed by atoms with van der Waals surface area (Å²) in [4.78, 5) is 15.7. The first-order valence-electron chi connectivity index (χ1n) is 6.14. The van der Waals surface area contributed by atoms with Gasteiger partial charge in [-0.15, -0.1) is 0 Å². The number of nitrogens with one attached hydrogen (secondary N) is 1. The molecule has 0 fully saturated rings. The highest BCUT2D eigenvalue weighted by molar-refractivity contribution is 9.10. The molecule has 0 unspecified atom stereocenters. The molecule has 0 saturated carbocycles. The lowest BCUT2D eigenvalue weighted by molar-refractivity contribution is 0.103. The summed E-state index contributed by atoms with van der Waals surface area (Å²) in [5.41, 5.74) is 2.80. The Morgan fingerprint density at radius 2 is 2.00 bits per heavy atom. The van der Waals surface area contributed by atoms with Gasteiger partial charge in [0.25, 0.3) is 0 Å². The second kappa shape index (κ2) is 4.87. The molecule has 4 heteroatoms. The van der Waals surface area contributed by atoms with Crippen molar-refractivity contribution < 1.29 is 9.18 Å². The van der Waals surface area contributed by atoms with E-state index in [1.165, 1.54) is 12.1 Å². The van der Waals surface area contributed by atoms with E-state index in [4.69, 9.17) is 0 Å². The van der Waals surface area contributed by atoms with Gasteiger partial charge in [-0.2, -0.15) is 0 Å². The van der Waals surface area contributed by atoms with Gasteiger partial charge in [0.05, 0.1) is 0 Å². The molecule has 3 aromatic rings. The minimum atomic E-state index is -0.423. The lowest BCUT2D eigenvalue weighted by atomic mass is 10.00. The van der Waals surface area contributed by atoms with E-state index in [9.17, 15) is 9.18 Å². The van der Waals surface area contributed by atoms with Crippen molar-refractivity contribution in [3.05, 3.63) is 69.6 Å². The third kappa shape index (κ3) is 2.06. The maximum Gasteiger partial charge on any atom is 0.196 e. The van der Waals surface area contributed by atoms with Gasteiger partial charge in [0.15, 0.2) is 5.78 Å². The molecule has 3 rings (SSSR count). The van der Waals surface area contributed by atoms with Gasteiger partial charge in [0.1, 0.15) is 5.82 Å². The van der Waals surface area contributed by atoms with E-state index in [1.807, 2.05) is 25.1 Å². The van der Waals surface area contributed by atoms with Gasteiger partial charge in [-0.1, -0.05) is 28.1 Å². The first-order valence-corrected chi connectivity index (χ1v) is 6.93. The Morgan fingerprint density at radius 1 is 1.20 bits per heavy atom. The first kappa shape index (κ1) is 13.1. The summed E-state index contributed by atoms with van der Waals surface area (Å²) in [6, 6.07) is 9.92. The Bertz CT molecular complexity index is 822. The van der Waals surface area contributed by atoms with Crippen LogP contribution in [0, 0.1) is 12.7 Å². The quantitative estimate of drug-likeness (QED) is 0.683. The fourth-order valence-electron chi connectivity index (χ4n) is 2.36. The van der Waals surface area contributed by atoms with Crippen molar-refractivity contribution >= 4 is 32.6 Å². The molecular formula is C16H11BrFNO. The third-order valence-electron chi connectivity index (χ3n) is 3.33. The zero-order chi connectivity index (χ0) is 14.3. The van der Waals surface area contributed by atoms with Crippen LogP contribution < -0.4 is 0 Å². The summed E-state index contributed by atoms with van der Waals surface area (Å²) in [5.74, 6) is -0.620. The van der Waals surface area contributed by atoms with Crippen LogP contribution in [0.4, 0.5) is 4.39 Å². The Kier molecular flexibility index (Phi) is 3.18. The maximum atomic E-state index is 13.4. The van der Waals surface area contributed by atoms with Crippen LogP contribution in [-0.2, 0) is 0 Å². The van der Waals surface area contributed by atoms with Crippen LogP contribution in [0.15, 0.2) is 47.1 Å². The third-order valence-corrected chi connectivity index (χ3v) is 4.02. The number of hydrogen-bond acceptors (Lipinski definition) is 1. The van der Waals surface area contributed by atoms with Crippen molar-refractivity contribution in [1.82, 2.24) is 4.98 Å². The van der Waals surface area contributed by atoms with Crippen LogP contribution in [0.5, 0.6) is 0 Å². The molecule has 0 spiro atoms. The van der Waals surface area contributed by atoms with Crippen molar-refractivity contribution in [2.75, 3.05) is 0 Å². The molecule has 0 aliphatic rings. The molecule has 2 nitrogen and oxygen atoms in total. The van der Waals surface area contributed by atoms with Crippen molar-refractivity contribution in [3.63, 3.8) is 0 Å². The predicted octanol–water partition coefficient (Wildman–Crippen LogP) is 4.61. The van der Waals surface area contributed by atoms with Crippen LogP contribution in [0.2, 0.25) is 0 Å². The van der Waals surface area contributed by atoms with Gasteiger partial charge in [0, 0.05) is 32.7 Å². The number of carbonyl (C=O) groups excluding carboxylic acids is 1. The zero-order valence-electron chi connectivity index (χ0n) is 10.7. The van der Waals surface area contributed by atoms with Crippen molar-refractivity contribution in [2.45, 2.75) is 6.92 Å². The van der Waals surface area contributed by atoms with Crippen LogP contribution in [0.3, 0.4) is 0 Å². The van der Waals surface area contributed by atoms with Gasteiger partial charge >= 0.3 is 0 Å². The average molecular weight is 332 g/mol. The topological polar surface area (TPSA) is 32.9 Å². The molecule has 0 amide bonds. The molecule has 0 bridgehead atoms. The second-order valence-corrected chi connectivity index (χ2v) is 5.51. The number of aromatic amines is 1. The van der Waals surface area contributed by atoms with Gasteiger partial charge in [0.2, 0.25) is 0 Å². The summed E-state index contributed by atoms with van der Waals surface area (Å²) in [5, 5.41) is 0.883. The number of benzene rings is 2. The van der Waals surface area contributed by atoms with E-state index in [1.54, 1.807) is 12.3 Å². The number of hydrogen-bond donors (Lipinski definition) is 1. The SMILES string of the molecule is Cc1cccc2[nH]cc(C(=O)c3cc(F)ccc3Br)c12. The highest BCUT2D eigenvalue weighted by atomic mass is 79.9. The minimum absolute atomic E-state index is 0.197. The molecule has 2 aromatic carbocycles. The van der Waals surface area contributed by atoms with E-state index in [-0.39, 0.29) is 5.78 Å². The largest absolute Gasteiger partial charge is 0.360 e. The van der Waals surface area contributed by atoms with Crippen LogP contribution in [0.1, 0.15) is 21.5 Å². The summed E-state index contributed by atoms with van der Waals surface area (Å²) in [7, 11) is 0. The van der Waals surface area contributed by atoms with Gasteiger partial charge in [-0.05, 0) is 36.8 Å². The second-order valence-electron chi connectivity index (χ2n) is 4.65. The monoisotopic (exact) mass is 331 g/mol. The number of aryl methyl sites for hydroxylation is 1. The number of ketones is 1. The number of carbonyl (C=O) groups is 1. The molecule has 0 atom stereocenters. The number of halogens is 2. The number of fused-ring (bicyclic) bond motifs is 1. The highest BCUT2D eigenvalue weighted by Gasteiger charge is 2.18. The predicted molar refractivity (Wildman–Crippen MR) is 80.6 cm³/mol. The smallest absolute Gasteiger partial charge is 0.196 e. The average Bonchev–Trinajstić information content (AvgIpc) is 2.86. The molecule has 1 N–H and O–H groups in total. The fourth-order valence-corrected chi connectivity index (χ4v) is 2.79. The summed E-state index contributed by atoms with van der Waals surface area (Å²) >= 11 is 3.30. The van der Waals surface area contributed by atoms with Crippen molar-refractivity contribution in [3.8, 4) is 0 Å². The van der Waals surface area contributed by atoms with Gasteiger partial charge in [-0.3, -0.25) is 4.79 Å². The molecule has 20 heavy (non-hydrogen) atoms. The molecule has 1 heterocycles. The zero-order valence-corrected chi connectivity index (χ0v) is 12.3. The van der Waals surface area contributed by atoms with E-state index in [0.29, 0.717) is 15.6 Å². The Balaban J connectivity index is 2.21. The van der Waals surface area contributed by atoms with E-state index >= 15 is 0 Å². The molecule has 0 aliphatic heterocycles. The number of H-pyrrole nitrogens is 1. The molecule has 1 aromatic heterocycles. The van der Waals surface area contributed by atoms with Crippen LogP contribution >= 0.6 is 15.9 Å². The number of aromatic nitrogens is 1. The lowest BCUT2D eigenvalue weighted by Crippen LogP contribution is -2.02. The van der Waals surface area contributed by atoms with Crippen molar-refractivity contribution in [2.24, 2.45) is 0 Å². The Morgan fingerprint density at radius 3 is 2.80 bits per heavy atom. The van der Waals surface area contributed by atoms with Gasteiger partial charge in [-0.25, -0.2) is 4.39 Å². The molecule has 0 radical (unpaired) electrons. The molecule has 100 valence electrons. The number of rotatable bonds is 2. The van der Waals surface area contributed by atoms with Crippen LogP contribution in [0.25, 0.3) is 10.9 Å². The van der Waals surface area contributed by atoms with E-state index in [2.05, 4.69) is 20.9 Å². The van der Waals surface area contributed by atoms with Crippen LogP contribution in [-0.4, -0.2) is 10.8 Å². The molecular weight excluding hydrogens is 321 g/mol. The van der Waals surface area contributed by atoms with Crippen molar-refractivity contribution in [1.29, 1.82) is 0 Å². The maximum absolute atomic E-state index is 13.4. The Labute approximate surface area is 123 Å². The molecule has 0 saturated heterocycles. The fraction of sp³-hybridized carbons (Fsp3) is 0.0625. The van der Waals surface area contributed by atoms with Gasteiger partial charge < -0.3 is 4.98 Å². The summed E-state index contributed by atoms with van der Waals surface area (Å²) < 4.78 is 14.0. The molecule has 0 aliphatic carbocycles. The lowest BCUT2D eigenvalue weighted by Gasteiger charge is -2.04. The Hall–Kier alpha value is -1.94. The van der Waals surface area contributed by atoms with E-state index < -0.39 is 5.82 Å². The standard InChI is InChI=1S/C16H11BrFNO/c1-9-3-2-4-14-15(9)12(8-19-14)16(20)11-7-10(18)5-6-13(11)17/h2-8,19H,1H3. The minimum Gasteiger partial charge on any atom is -0.360 e. The normalized spacial score (nSPS) is 10.9.